The van der Waals surface area contributed by atoms with E-state index in [2.05, 4.69) is 4.98 Å². The Hall–Kier alpha value is -2.69. The van der Waals surface area contributed by atoms with Gasteiger partial charge < -0.3 is 9.84 Å². The molecule has 102 valence electrons. The lowest BCUT2D eigenvalue weighted by molar-refractivity contribution is 0.0695. The van der Waals surface area contributed by atoms with Crippen LogP contribution in [0, 0.1) is 0 Å². The molecule has 5 nitrogen and oxygen atoms in total. The zero-order chi connectivity index (χ0) is 14.5. The molecule has 2 aromatic rings. The molecular formula is C15H13NO4. The molecule has 1 aromatic carbocycles. The van der Waals surface area contributed by atoms with Gasteiger partial charge in [-0.25, -0.2) is 4.79 Å². The number of carbonyl (C=O) groups is 2. The second kappa shape index (κ2) is 5.97. The average molecular weight is 271 g/mol. The highest BCUT2D eigenvalue weighted by Crippen LogP contribution is 2.15. The quantitative estimate of drug-likeness (QED) is 0.844. The topological polar surface area (TPSA) is 76.5 Å². The molecule has 1 aromatic heterocycles. The summed E-state index contributed by atoms with van der Waals surface area (Å²) in [7, 11) is 1.55. The minimum Gasteiger partial charge on any atom is -0.497 e. The predicted octanol–water partition coefficient (Wildman–Crippen LogP) is 2.21. The Morgan fingerprint density at radius 1 is 1.20 bits per heavy atom. The zero-order valence-electron chi connectivity index (χ0n) is 10.9. The Morgan fingerprint density at radius 2 is 1.90 bits per heavy atom. The highest BCUT2D eigenvalue weighted by molar-refractivity contribution is 5.99. The van der Waals surface area contributed by atoms with Gasteiger partial charge in [0.1, 0.15) is 5.75 Å². The fourth-order valence-corrected chi connectivity index (χ4v) is 1.83. The number of carbonyl (C=O) groups excluding carboxylic acids is 1. The van der Waals surface area contributed by atoms with Crippen LogP contribution in [0.3, 0.4) is 0 Å². The van der Waals surface area contributed by atoms with Crippen LogP contribution in [-0.2, 0) is 6.42 Å². The summed E-state index contributed by atoms with van der Waals surface area (Å²) in [5, 5.41) is 9.06. The monoisotopic (exact) mass is 271 g/mol. The largest absolute Gasteiger partial charge is 0.497 e. The Balaban J connectivity index is 2.21. The van der Waals surface area contributed by atoms with Crippen molar-refractivity contribution < 1.29 is 19.4 Å². The molecule has 1 heterocycles. The molecule has 0 unspecified atom stereocenters. The molecule has 0 amide bonds. The van der Waals surface area contributed by atoms with E-state index in [1.165, 1.54) is 18.5 Å². The van der Waals surface area contributed by atoms with Gasteiger partial charge in [0.2, 0.25) is 0 Å². The summed E-state index contributed by atoms with van der Waals surface area (Å²) < 4.78 is 5.02. The number of Topliss-reactive ketones (excluding diaryl/α,β-unsaturated/α-hetero) is 1. The number of carboxylic acids is 1. The first-order valence-electron chi connectivity index (χ1n) is 5.95. The molecule has 0 spiro atoms. The van der Waals surface area contributed by atoms with Crippen LogP contribution in [0.2, 0.25) is 0 Å². The molecule has 0 radical (unpaired) electrons. The number of rotatable bonds is 5. The lowest BCUT2D eigenvalue weighted by Gasteiger charge is -2.05. The van der Waals surface area contributed by atoms with E-state index in [1.54, 1.807) is 31.4 Å². The molecular weight excluding hydrogens is 258 g/mol. The number of pyridine rings is 1. The molecule has 0 aliphatic heterocycles. The minimum atomic E-state index is -1.06. The number of ether oxygens (including phenoxy) is 1. The van der Waals surface area contributed by atoms with Crippen LogP contribution in [0.25, 0.3) is 0 Å². The standard InChI is InChI=1S/C15H13NO4/c1-20-12-4-2-10(3-5-12)14(17)8-11-9-16-7-6-13(11)15(18)19/h2-7,9H,8H2,1H3,(H,18,19). The number of carboxylic acid groups (broad SMARTS) is 1. The molecule has 0 saturated carbocycles. The number of aromatic carboxylic acids is 1. The van der Waals surface area contributed by atoms with Crippen molar-refractivity contribution in [1.82, 2.24) is 4.98 Å². The minimum absolute atomic E-state index is 0.00179. The summed E-state index contributed by atoms with van der Waals surface area (Å²) in [5.41, 5.74) is 1.01. The maximum absolute atomic E-state index is 12.1. The summed E-state index contributed by atoms with van der Waals surface area (Å²) in [4.78, 5) is 27.1. The van der Waals surface area contributed by atoms with E-state index < -0.39 is 5.97 Å². The lowest BCUT2D eigenvalue weighted by atomic mass is 10.0. The van der Waals surface area contributed by atoms with E-state index in [0.29, 0.717) is 16.9 Å². The molecule has 0 aliphatic rings. The van der Waals surface area contributed by atoms with E-state index in [-0.39, 0.29) is 17.8 Å². The first-order valence-corrected chi connectivity index (χ1v) is 5.95. The van der Waals surface area contributed by atoms with Crippen LogP contribution in [0.15, 0.2) is 42.7 Å². The van der Waals surface area contributed by atoms with Crippen molar-refractivity contribution >= 4 is 11.8 Å². The van der Waals surface area contributed by atoms with Crippen LogP contribution in [-0.4, -0.2) is 29.0 Å². The average Bonchev–Trinajstić information content (AvgIpc) is 2.47. The molecule has 0 aliphatic carbocycles. The van der Waals surface area contributed by atoms with E-state index in [4.69, 9.17) is 9.84 Å². The van der Waals surface area contributed by atoms with Crippen molar-refractivity contribution in [2.45, 2.75) is 6.42 Å². The first kappa shape index (κ1) is 13.7. The zero-order valence-corrected chi connectivity index (χ0v) is 10.9. The SMILES string of the molecule is COc1ccc(C(=O)Cc2cnccc2C(=O)O)cc1. The van der Waals surface area contributed by atoms with Crippen LogP contribution in [0.1, 0.15) is 26.3 Å². The number of aromatic nitrogens is 1. The summed E-state index contributed by atoms with van der Waals surface area (Å²) >= 11 is 0. The molecule has 0 saturated heterocycles. The second-order valence-electron chi connectivity index (χ2n) is 4.17. The van der Waals surface area contributed by atoms with Crippen molar-refractivity contribution in [3.05, 3.63) is 59.4 Å². The molecule has 0 fully saturated rings. The smallest absolute Gasteiger partial charge is 0.336 e. The predicted molar refractivity (Wildman–Crippen MR) is 72.2 cm³/mol. The lowest BCUT2D eigenvalue weighted by Crippen LogP contribution is -2.09. The van der Waals surface area contributed by atoms with Crippen LogP contribution in [0.4, 0.5) is 0 Å². The molecule has 2 rings (SSSR count). The van der Waals surface area contributed by atoms with Crippen molar-refractivity contribution in [3.63, 3.8) is 0 Å². The maximum Gasteiger partial charge on any atom is 0.336 e. The molecule has 0 atom stereocenters. The fraction of sp³-hybridized carbons (Fsp3) is 0.133. The second-order valence-corrected chi connectivity index (χ2v) is 4.17. The van der Waals surface area contributed by atoms with Gasteiger partial charge in [0.05, 0.1) is 12.7 Å². The Morgan fingerprint density at radius 3 is 2.50 bits per heavy atom. The Bertz CT molecular complexity index is 635. The van der Waals surface area contributed by atoms with E-state index in [0.717, 1.165) is 0 Å². The van der Waals surface area contributed by atoms with Gasteiger partial charge in [-0.1, -0.05) is 0 Å². The van der Waals surface area contributed by atoms with Gasteiger partial charge in [-0.05, 0) is 35.9 Å². The van der Waals surface area contributed by atoms with E-state index >= 15 is 0 Å². The summed E-state index contributed by atoms with van der Waals surface area (Å²) in [6.07, 6.45) is 2.80. The number of hydrogen-bond acceptors (Lipinski definition) is 4. The first-order chi connectivity index (χ1) is 9.61. The highest BCUT2D eigenvalue weighted by Gasteiger charge is 2.14. The highest BCUT2D eigenvalue weighted by atomic mass is 16.5. The maximum atomic E-state index is 12.1. The van der Waals surface area contributed by atoms with Gasteiger partial charge in [0.25, 0.3) is 0 Å². The Kier molecular flexibility index (Phi) is 4.10. The number of benzene rings is 1. The number of hydrogen-bond donors (Lipinski definition) is 1. The van der Waals surface area contributed by atoms with Crippen molar-refractivity contribution in [2.24, 2.45) is 0 Å². The molecule has 20 heavy (non-hydrogen) atoms. The van der Waals surface area contributed by atoms with Gasteiger partial charge in [-0.15, -0.1) is 0 Å². The summed E-state index contributed by atoms with van der Waals surface area (Å²) in [6, 6.07) is 8.07. The van der Waals surface area contributed by atoms with Crippen molar-refractivity contribution in [3.8, 4) is 5.75 Å². The van der Waals surface area contributed by atoms with Gasteiger partial charge in [0, 0.05) is 24.4 Å². The number of methoxy groups -OCH3 is 1. The van der Waals surface area contributed by atoms with Gasteiger partial charge in [-0.2, -0.15) is 0 Å². The van der Waals surface area contributed by atoms with Gasteiger partial charge >= 0.3 is 5.97 Å². The summed E-state index contributed by atoms with van der Waals surface area (Å²) in [5.74, 6) is -0.567. The van der Waals surface area contributed by atoms with Crippen LogP contribution >= 0.6 is 0 Å². The fourth-order valence-electron chi connectivity index (χ4n) is 1.83. The third-order valence-corrected chi connectivity index (χ3v) is 2.90. The van der Waals surface area contributed by atoms with Crippen molar-refractivity contribution in [2.75, 3.05) is 7.11 Å². The Labute approximate surface area is 115 Å². The van der Waals surface area contributed by atoms with Gasteiger partial charge in [-0.3, -0.25) is 9.78 Å². The third kappa shape index (κ3) is 3.00. The molecule has 1 N–H and O–H groups in total. The van der Waals surface area contributed by atoms with Crippen LogP contribution in [0.5, 0.6) is 5.75 Å². The summed E-state index contributed by atoms with van der Waals surface area (Å²) in [6.45, 7) is 0. The number of ketones is 1. The third-order valence-electron chi connectivity index (χ3n) is 2.90. The normalized spacial score (nSPS) is 10.1. The van der Waals surface area contributed by atoms with Gasteiger partial charge in [0.15, 0.2) is 5.78 Å². The van der Waals surface area contributed by atoms with Crippen molar-refractivity contribution in [1.29, 1.82) is 0 Å². The molecule has 5 heteroatoms. The number of nitrogens with zero attached hydrogens (tertiary/aromatic N) is 1. The van der Waals surface area contributed by atoms with E-state index in [1.807, 2.05) is 0 Å². The van der Waals surface area contributed by atoms with E-state index in [9.17, 15) is 9.59 Å². The van der Waals surface area contributed by atoms with Crippen LogP contribution < -0.4 is 4.74 Å². The molecule has 0 bridgehead atoms.